The molecule has 0 bridgehead atoms. The van der Waals surface area contributed by atoms with E-state index >= 15 is 8.78 Å². The van der Waals surface area contributed by atoms with Crippen LogP contribution in [0.1, 0.15) is 57.8 Å². The van der Waals surface area contributed by atoms with Gasteiger partial charge in [-0.25, -0.2) is 67.0 Å². The van der Waals surface area contributed by atoms with Crippen LogP contribution in [-0.4, -0.2) is 91.2 Å². The molecule has 0 amide bonds. The van der Waals surface area contributed by atoms with E-state index in [9.17, 15) is 65.9 Å². The molecule has 8 aromatic rings. The Morgan fingerprint density at radius 1 is 0.506 bits per heavy atom. The van der Waals surface area contributed by atoms with E-state index in [4.69, 9.17) is 39.0 Å². The molecule has 468 valence electrons. The topological polar surface area (TPSA) is 267 Å². The second-order valence-electron chi connectivity index (χ2n) is 16.5. The van der Waals surface area contributed by atoms with Crippen LogP contribution in [0.3, 0.4) is 0 Å². The number of alkyl halides is 6. The number of nitrogens with zero attached hydrogens (tertiary/aromatic N) is 6. The van der Waals surface area contributed by atoms with Crippen molar-refractivity contribution in [2.75, 3.05) is 37.0 Å². The summed E-state index contributed by atoms with van der Waals surface area (Å²) >= 11 is 1.39. The number of hydrogen-bond donors (Lipinski definition) is 3. The number of anilines is 2. The Labute approximate surface area is 495 Å². The molecule has 2 aromatic heterocycles. The molecule has 87 heavy (non-hydrogen) atoms. The smallest absolute Gasteiger partial charge is 0.416 e. The largest absolute Gasteiger partial charge is 0.508 e. The summed E-state index contributed by atoms with van der Waals surface area (Å²) in [6, 6.07) is 13.3. The van der Waals surface area contributed by atoms with Crippen LogP contribution in [0.25, 0.3) is 0 Å². The summed E-state index contributed by atoms with van der Waals surface area (Å²) in [5.41, 5.74) is -3.33. The molecule has 0 saturated heterocycles. The Kier molecular flexibility index (Phi) is 23.4. The van der Waals surface area contributed by atoms with E-state index in [0.29, 0.717) is 86.7 Å². The molecule has 0 saturated carbocycles. The fourth-order valence-electron chi connectivity index (χ4n) is 7.04. The Hall–Kier alpha value is -9.09. The van der Waals surface area contributed by atoms with Gasteiger partial charge in [-0.05, 0) is 60.7 Å². The number of aromatic nitrogens is 4. The predicted octanol–water partition coefficient (Wildman–Crippen LogP) is 12.5. The van der Waals surface area contributed by atoms with Crippen molar-refractivity contribution in [3.8, 4) is 40.2 Å². The van der Waals surface area contributed by atoms with E-state index in [1.807, 2.05) is 0 Å². The minimum Gasteiger partial charge on any atom is -0.508 e. The zero-order valence-electron chi connectivity index (χ0n) is 43.1. The number of benzene rings is 6. The summed E-state index contributed by atoms with van der Waals surface area (Å²) in [5.74, 6) is -11.8. The van der Waals surface area contributed by atoms with Crippen LogP contribution in [0, 0.1) is 29.1 Å². The molecule has 0 fully saturated rings. The number of hydrogen-bond acceptors (Lipinski definition) is 18. The van der Waals surface area contributed by atoms with Crippen molar-refractivity contribution in [2.24, 2.45) is 0 Å². The molecular weight excluding hydrogens is 1270 g/mol. The van der Waals surface area contributed by atoms with Gasteiger partial charge in [0.1, 0.15) is 68.6 Å². The maximum atomic E-state index is 15.3. The molecular formula is C52H45F11N6O14S4. The van der Waals surface area contributed by atoms with E-state index in [0.717, 1.165) is 34.6 Å². The number of halogens is 11. The summed E-state index contributed by atoms with van der Waals surface area (Å²) in [7, 11) is -3.96. The summed E-state index contributed by atoms with van der Waals surface area (Å²) in [5, 5.41) is 26.1. The number of sulfonamides is 2. The van der Waals surface area contributed by atoms with Crippen LogP contribution in [0.2, 0.25) is 0 Å². The van der Waals surface area contributed by atoms with Crippen molar-refractivity contribution < 1.29 is 114 Å². The van der Waals surface area contributed by atoms with Crippen molar-refractivity contribution in [1.29, 1.82) is 0 Å². The zero-order chi connectivity index (χ0) is 62.9. The van der Waals surface area contributed by atoms with Crippen molar-refractivity contribution >= 4 is 65.3 Å². The third-order valence-electron chi connectivity index (χ3n) is 11.0. The highest BCUT2D eigenvalue weighted by Crippen LogP contribution is 2.39. The number of rotatable bonds is 18. The summed E-state index contributed by atoms with van der Waals surface area (Å²) < 4.78 is 236. The average Bonchev–Trinajstić information content (AvgIpc) is 1.89. The minimum atomic E-state index is -4.98. The summed E-state index contributed by atoms with van der Waals surface area (Å²) in [4.78, 5) is 27.2. The molecule has 0 aliphatic heterocycles. The Morgan fingerprint density at radius 3 is 1.32 bits per heavy atom. The van der Waals surface area contributed by atoms with Gasteiger partial charge in [-0.15, -0.1) is 0 Å². The molecule has 8 rings (SSSR count). The highest BCUT2D eigenvalue weighted by Gasteiger charge is 2.36. The molecule has 0 aliphatic rings. The molecule has 0 spiro atoms. The van der Waals surface area contributed by atoms with E-state index in [2.05, 4.69) is 18.7 Å². The first-order valence-electron chi connectivity index (χ1n) is 22.7. The first-order chi connectivity index (χ1) is 39.8. The average molecular weight is 1320 g/mol. The van der Waals surface area contributed by atoms with Crippen molar-refractivity contribution in [1.82, 2.24) is 18.7 Å². The SMILES string of the molecule is C.C.COc1ccc(CN(c2ncns2)S(=O)(=O)c2cc(F)c(F)cc2F)c(OC)c1.COc1ccc(CN(c2ncns2)S(=O)(=O)c2cc(F)c(Oc3cc(C(=O)O)cc(C(F)(F)F)c3)cc2F)c(OC)c1.O=C(O)c1cc(O)cc(C(F)(F)F)c1. The molecule has 0 radical (unpaired) electrons. The number of carboxylic acid groups (broad SMARTS) is 2. The predicted molar refractivity (Wildman–Crippen MR) is 290 cm³/mol. The van der Waals surface area contributed by atoms with Crippen LogP contribution in [-0.2, 0) is 45.5 Å². The molecule has 20 nitrogen and oxygen atoms in total. The summed E-state index contributed by atoms with van der Waals surface area (Å²) in [6.45, 7) is -0.782. The Morgan fingerprint density at radius 2 is 0.920 bits per heavy atom. The van der Waals surface area contributed by atoms with Crippen LogP contribution in [0.15, 0.2) is 120 Å². The van der Waals surface area contributed by atoms with Gasteiger partial charge in [0.15, 0.2) is 23.2 Å². The molecule has 35 heteroatoms. The second kappa shape index (κ2) is 28.9. The lowest BCUT2D eigenvalue weighted by Crippen LogP contribution is -2.31. The standard InChI is InChI=1S/C25H18F5N3O7S2.C17H14F3N3O4S2.C8H5F3O3.2CH4/c1-38-16-4-3-13(20(8-16)39-2)11-33(24-31-12-32-41-24)42(36,37)22-10-18(26)21(9-19(22)27)40-17-6-14(23(34)35)5-15(7-17)25(28,29)30;1-26-11-4-3-10(15(5-11)27-2)8-23(17-21-9-22-28-17)29(24,25)16-7-13(19)12(18)6-14(16)20;9-8(10,11)5-1-4(7(13)14)2-6(12)3-5;;/h3-10,12H,11H2,1-2H3,(H,34,35);3-7,9H,8H2,1-2H3;1-3,12H,(H,13,14);2*1H4. The number of carboxylic acids is 2. The first-order valence-corrected chi connectivity index (χ1v) is 27.2. The zero-order valence-corrected chi connectivity index (χ0v) is 46.4. The fraction of sp³-hybridized carbons (Fsp3) is 0.192. The van der Waals surface area contributed by atoms with Gasteiger partial charge in [0.2, 0.25) is 10.3 Å². The van der Waals surface area contributed by atoms with Crippen molar-refractivity contribution in [3.05, 3.63) is 172 Å². The fourth-order valence-corrected chi connectivity index (χ4v) is 11.4. The maximum Gasteiger partial charge on any atom is 0.416 e. The van der Waals surface area contributed by atoms with Gasteiger partial charge >= 0.3 is 24.3 Å². The maximum absolute atomic E-state index is 15.3. The molecule has 3 N–H and O–H groups in total. The monoisotopic (exact) mass is 1310 g/mol. The quantitative estimate of drug-likeness (QED) is 0.0532. The number of ether oxygens (including phenoxy) is 5. The van der Waals surface area contributed by atoms with Crippen LogP contribution in [0.5, 0.6) is 40.2 Å². The lowest BCUT2D eigenvalue weighted by molar-refractivity contribution is -0.138. The lowest BCUT2D eigenvalue weighted by atomic mass is 10.1. The van der Waals surface area contributed by atoms with E-state index in [1.165, 1.54) is 46.6 Å². The van der Waals surface area contributed by atoms with Gasteiger partial charge in [0, 0.05) is 70.6 Å². The molecule has 2 heterocycles. The molecule has 0 atom stereocenters. The Bertz CT molecular complexity index is 3960. The van der Waals surface area contributed by atoms with Gasteiger partial charge < -0.3 is 39.0 Å². The number of aromatic carboxylic acids is 2. The Balaban J connectivity index is 0.000000311. The van der Waals surface area contributed by atoms with Gasteiger partial charge in [-0.2, -0.15) is 35.1 Å². The van der Waals surface area contributed by atoms with Gasteiger partial charge in [0.05, 0.1) is 63.8 Å². The third-order valence-corrected chi connectivity index (χ3v) is 16.2. The highest BCUT2D eigenvalue weighted by molar-refractivity contribution is 7.93. The van der Waals surface area contributed by atoms with E-state index < -0.39 is 129 Å². The number of methoxy groups -OCH3 is 4. The highest BCUT2D eigenvalue weighted by atomic mass is 32.2. The third kappa shape index (κ3) is 17.1. The number of carbonyl (C=O) groups is 2. The summed E-state index contributed by atoms with van der Waals surface area (Å²) in [6.07, 6.45) is -7.47. The molecule has 0 aliphatic carbocycles. The molecule has 6 aromatic carbocycles. The van der Waals surface area contributed by atoms with E-state index in [1.54, 1.807) is 18.2 Å². The van der Waals surface area contributed by atoms with Gasteiger partial charge in [0.25, 0.3) is 20.0 Å². The van der Waals surface area contributed by atoms with Gasteiger partial charge in [-0.1, -0.05) is 14.9 Å². The number of phenolic OH excluding ortho intramolecular Hbond substituents is 1. The van der Waals surface area contributed by atoms with Crippen LogP contribution >= 0.6 is 23.1 Å². The van der Waals surface area contributed by atoms with Crippen molar-refractivity contribution in [2.45, 2.75) is 50.1 Å². The van der Waals surface area contributed by atoms with Crippen LogP contribution in [0.4, 0.5) is 58.6 Å². The van der Waals surface area contributed by atoms with Crippen molar-refractivity contribution in [3.63, 3.8) is 0 Å². The minimum absolute atomic E-state index is 0. The van der Waals surface area contributed by atoms with Gasteiger partial charge in [-0.3, -0.25) is 0 Å². The normalized spacial score (nSPS) is 11.3. The van der Waals surface area contributed by atoms with E-state index in [-0.39, 0.29) is 49.5 Å². The van der Waals surface area contributed by atoms with Crippen LogP contribution < -0.4 is 32.3 Å². The first kappa shape index (κ1) is 70.4. The number of phenols is 1. The lowest BCUT2D eigenvalue weighted by Gasteiger charge is -2.23. The number of aromatic hydroxyl groups is 1. The second-order valence-corrected chi connectivity index (χ2v) is 21.6. The molecule has 0 unspecified atom stereocenters.